The molecule has 0 amide bonds. The van der Waals surface area contributed by atoms with Crippen molar-refractivity contribution in [3.05, 3.63) is 47.2 Å². The minimum absolute atomic E-state index is 0.488. The Kier molecular flexibility index (Phi) is 3.61. The number of thiocarbonyl (C=S) groups is 1. The molecule has 0 spiro atoms. The van der Waals surface area contributed by atoms with Crippen LogP contribution in [0.1, 0.15) is 5.56 Å². The molecule has 1 heterocycles. The van der Waals surface area contributed by atoms with Gasteiger partial charge in [0.05, 0.1) is 18.1 Å². The standard InChI is InChI=1S/C11H11ClN4S/c12-10-4-2-1-3-8(10)5-14-11(17)16-7-9(13)6-15-16/h1-4,6-7H,5,13H2,(H,14,17). The number of hydrogen-bond acceptors (Lipinski definition) is 3. The van der Waals surface area contributed by atoms with Crippen LogP contribution in [-0.4, -0.2) is 14.9 Å². The summed E-state index contributed by atoms with van der Waals surface area (Å²) in [5, 5.41) is 8.27. The third-order valence-electron chi connectivity index (χ3n) is 2.20. The van der Waals surface area contributed by atoms with Crippen molar-refractivity contribution >= 4 is 34.6 Å². The van der Waals surface area contributed by atoms with Gasteiger partial charge in [-0.2, -0.15) is 5.10 Å². The van der Waals surface area contributed by atoms with Gasteiger partial charge in [0.2, 0.25) is 0 Å². The lowest BCUT2D eigenvalue weighted by Gasteiger charge is -2.08. The third kappa shape index (κ3) is 2.95. The lowest BCUT2D eigenvalue weighted by Crippen LogP contribution is -2.28. The minimum atomic E-state index is 0.488. The Morgan fingerprint density at radius 2 is 2.24 bits per heavy atom. The number of benzene rings is 1. The van der Waals surface area contributed by atoms with Crippen LogP contribution in [-0.2, 0) is 6.54 Å². The molecule has 0 aliphatic rings. The first kappa shape index (κ1) is 11.9. The van der Waals surface area contributed by atoms with Crippen molar-refractivity contribution in [2.75, 3.05) is 5.73 Å². The SMILES string of the molecule is Nc1cnn(C(=S)NCc2ccccc2Cl)c1. The lowest BCUT2D eigenvalue weighted by molar-refractivity contribution is 0.836. The molecule has 0 saturated carbocycles. The van der Waals surface area contributed by atoms with Gasteiger partial charge in [-0.25, -0.2) is 4.68 Å². The van der Waals surface area contributed by atoms with Crippen LogP contribution in [0.2, 0.25) is 5.02 Å². The average molecular weight is 267 g/mol. The number of nitrogens with two attached hydrogens (primary N) is 1. The van der Waals surface area contributed by atoms with E-state index >= 15 is 0 Å². The van der Waals surface area contributed by atoms with Gasteiger partial charge in [-0.15, -0.1) is 0 Å². The molecular weight excluding hydrogens is 256 g/mol. The van der Waals surface area contributed by atoms with Gasteiger partial charge in [-0.3, -0.25) is 0 Å². The van der Waals surface area contributed by atoms with Gasteiger partial charge in [0.15, 0.2) is 5.11 Å². The van der Waals surface area contributed by atoms with E-state index in [0.29, 0.717) is 22.4 Å². The first-order valence-electron chi connectivity index (χ1n) is 4.98. The van der Waals surface area contributed by atoms with E-state index in [1.165, 1.54) is 4.68 Å². The third-order valence-corrected chi connectivity index (χ3v) is 2.90. The monoisotopic (exact) mass is 266 g/mol. The molecule has 2 aromatic rings. The van der Waals surface area contributed by atoms with Crippen molar-refractivity contribution in [2.45, 2.75) is 6.54 Å². The maximum atomic E-state index is 6.03. The highest BCUT2D eigenvalue weighted by Crippen LogP contribution is 2.14. The molecule has 0 aliphatic heterocycles. The number of nitrogen functional groups attached to an aromatic ring is 1. The van der Waals surface area contributed by atoms with Crippen molar-refractivity contribution in [2.24, 2.45) is 0 Å². The van der Waals surface area contributed by atoms with Gasteiger partial charge < -0.3 is 11.1 Å². The topological polar surface area (TPSA) is 55.9 Å². The number of aromatic nitrogens is 2. The normalized spacial score (nSPS) is 10.2. The summed E-state index contributed by atoms with van der Waals surface area (Å²) in [5.41, 5.74) is 7.11. The smallest absolute Gasteiger partial charge is 0.194 e. The van der Waals surface area contributed by atoms with Crippen LogP contribution >= 0.6 is 23.8 Å². The largest absolute Gasteiger partial charge is 0.396 e. The number of halogens is 1. The van der Waals surface area contributed by atoms with Crippen molar-refractivity contribution in [1.29, 1.82) is 0 Å². The number of anilines is 1. The van der Waals surface area contributed by atoms with E-state index in [1.54, 1.807) is 12.4 Å². The van der Waals surface area contributed by atoms with Crippen molar-refractivity contribution < 1.29 is 0 Å². The molecule has 3 N–H and O–H groups in total. The van der Waals surface area contributed by atoms with E-state index in [9.17, 15) is 0 Å². The molecule has 4 nitrogen and oxygen atoms in total. The van der Waals surface area contributed by atoms with Gasteiger partial charge in [-0.1, -0.05) is 29.8 Å². The summed E-state index contributed by atoms with van der Waals surface area (Å²) in [7, 11) is 0. The summed E-state index contributed by atoms with van der Waals surface area (Å²) >= 11 is 11.2. The van der Waals surface area contributed by atoms with Crippen LogP contribution in [0.25, 0.3) is 0 Å². The van der Waals surface area contributed by atoms with Crippen LogP contribution in [0.3, 0.4) is 0 Å². The predicted octanol–water partition coefficient (Wildman–Crippen LogP) is 2.04. The van der Waals surface area contributed by atoms with E-state index in [0.717, 1.165) is 5.56 Å². The summed E-state index contributed by atoms with van der Waals surface area (Å²) < 4.78 is 1.52. The van der Waals surface area contributed by atoms with E-state index in [2.05, 4.69) is 10.4 Å². The van der Waals surface area contributed by atoms with Gasteiger partial charge in [0.25, 0.3) is 0 Å². The van der Waals surface area contributed by atoms with Crippen LogP contribution in [0.15, 0.2) is 36.7 Å². The molecule has 0 bridgehead atoms. The number of nitrogens with zero attached hydrogens (tertiary/aromatic N) is 2. The zero-order valence-electron chi connectivity index (χ0n) is 8.93. The molecule has 88 valence electrons. The van der Waals surface area contributed by atoms with Crippen molar-refractivity contribution in [3.63, 3.8) is 0 Å². The van der Waals surface area contributed by atoms with Crippen molar-refractivity contribution in [3.8, 4) is 0 Å². The molecule has 0 unspecified atom stereocenters. The average Bonchev–Trinajstić information content (AvgIpc) is 2.74. The number of hydrogen-bond donors (Lipinski definition) is 2. The maximum Gasteiger partial charge on any atom is 0.194 e. The minimum Gasteiger partial charge on any atom is -0.396 e. The van der Waals surface area contributed by atoms with Gasteiger partial charge in [0.1, 0.15) is 0 Å². The summed E-state index contributed by atoms with van der Waals surface area (Å²) in [4.78, 5) is 0. The molecule has 17 heavy (non-hydrogen) atoms. The summed E-state index contributed by atoms with van der Waals surface area (Å²) in [6, 6.07) is 7.60. The van der Waals surface area contributed by atoms with E-state index < -0.39 is 0 Å². The fourth-order valence-corrected chi connectivity index (χ4v) is 1.72. The number of rotatable bonds is 2. The highest BCUT2D eigenvalue weighted by Gasteiger charge is 2.03. The quantitative estimate of drug-likeness (QED) is 0.817. The van der Waals surface area contributed by atoms with Crippen LogP contribution in [0.5, 0.6) is 0 Å². The highest BCUT2D eigenvalue weighted by atomic mass is 35.5. The second kappa shape index (κ2) is 5.16. The van der Waals surface area contributed by atoms with E-state index in [4.69, 9.17) is 29.6 Å². The van der Waals surface area contributed by atoms with Gasteiger partial charge >= 0.3 is 0 Å². The van der Waals surface area contributed by atoms with Crippen LogP contribution in [0.4, 0.5) is 5.69 Å². The first-order valence-corrected chi connectivity index (χ1v) is 5.77. The fraction of sp³-hybridized carbons (Fsp3) is 0.0909. The van der Waals surface area contributed by atoms with Gasteiger partial charge in [-0.05, 0) is 23.8 Å². The molecule has 1 aromatic carbocycles. The predicted molar refractivity (Wildman–Crippen MR) is 72.9 cm³/mol. The van der Waals surface area contributed by atoms with E-state index in [1.807, 2.05) is 24.3 Å². The second-order valence-electron chi connectivity index (χ2n) is 3.47. The zero-order chi connectivity index (χ0) is 12.3. The fourth-order valence-electron chi connectivity index (χ4n) is 1.34. The van der Waals surface area contributed by atoms with Crippen LogP contribution < -0.4 is 11.1 Å². The Morgan fingerprint density at radius 3 is 2.88 bits per heavy atom. The van der Waals surface area contributed by atoms with Crippen LogP contribution in [0, 0.1) is 0 Å². The summed E-state index contributed by atoms with van der Waals surface area (Å²) in [6.07, 6.45) is 3.20. The Balaban J connectivity index is 1.99. The van der Waals surface area contributed by atoms with E-state index in [-0.39, 0.29) is 0 Å². The van der Waals surface area contributed by atoms with Gasteiger partial charge in [0, 0.05) is 11.6 Å². The number of nitrogens with one attached hydrogen (secondary N) is 1. The Hall–Kier alpha value is -1.59. The Labute approximate surface area is 109 Å². The highest BCUT2D eigenvalue weighted by molar-refractivity contribution is 7.80. The maximum absolute atomic E-state index is 6.03. The molecule has 6 heteroatoms. The Morgan fingerprint density at radius 1 is 1.47 bits per heavy atom. The summed E-state index contributed by atoms with van der Waals surface area (Å²) in [6.45, 7) is 0.554. The molecule has 0 fully saturated rings. The Bertz CT molecular complexity index is 538. The molecule has 1 aromatic heterocycles. The molecule has 0 aliphatic carbocycles. The molecular formula is C11H11ClN4S. The first-order chi connectivity index (χ1) is 8.16. The molecule has 2 rings (SSSR count). The lowest BCUT2D eigenvalue weighted by atomic mass is 10.2. The zero-order valence-corrected chi connectivity index (χ0v) is 10.5. The molecule has 0 atom stereocenters. The molecule has 0 saturated heterocycles. The molecule has 0 radical (unpaired) electrons. The summed E-state index contributed by atoms with van der Waals surface area (Å²) in [5.74, 6) is 0. The van der Waals surface area contributed by atoms with Crippen molar-refractivity contribution in [1.82, 2.24) is 15.1 Å². The second-order valence-corrected chi connectivity index (χ2v) is 4.26.